The van der Waals surface area contributed by atoms with Gasteiger partial charge in [0.2, 0.25) is 0 Å². The van der Waals surface area contributed by atoms with E-state index in [0.29, 0.717) is 6.04 Å². The van der Waals surface area contributed by atoms with E-state index in [1.807, 2.05) is 0 Å². The van der Waals surface area contributed by atoms with Crippen LogP contribution < -0.4 is 5.32 Å². The van der Waals surface area contributed by atoms with Gasteiger partial charge in [0.1, 0.15) is 0 Å². The number of hydrogen-bond donors (Lipinski definition) is 1. The Balaban J connectivity index is 2.20. The van der Waals surface area contributed by atoms with Crippen molar-refractivity contribution in [1.29, 1.82) is 0 Å². The third kappa shape index (κ3) is 5.67. The molecule has 0 heterocycles. The molecular weight excluding hydrogens is 206 g/mol. The summed E-state index contributed by atoms with van der Waals surface area (Å²) >= 11 is 0. The Bertz CT molecular complexity index is 204. The zero-order chi connectivity index (χ0) is 11.3. The summed E-state index contributed by atoms with van der Waals surface area (Å²) in [6.07, 6.45) is 8.20. The molecule has 1 fully saturated rings. The molecule has 0 radical (unpaired) electrons. The van der Waals surface area contributed by atoms with Gasteiger partial charge < -0.3 is 5.32 Å². The molecule has 3 heteroatoms. The lowest BCUT2D eigenvalue weighted by Gasteiger charge is -2.22. The fourth-order valence-corrected chi connectivity index (χ4v) is 2.74. The third-order valence-electron chi connectivity index (χ3n) is 3.13. The Labute approximate surface area is 96.7 Å². The summed E-state index contributed by atoms with van der Waals surface area (Å²) in [5.41, 5.74) is 0. The van der Waals surface area contributed by atoms with Crippen LogP contribution >= 0.6 is 0 Å². The highest BCUT2D eigenvalue weighted by Crippen LogP contribution is 2.34. The Kier molecular flexibility index (Phi) is 5.83. The lowest BCUT2D eigenvalue weighted by molar-refractivity contribution is 0.380. The molecule has 1 aliphatic carbocycles. The molecule has 3 unspecified atom stereocenters. The molecule has 0 amide bonds. The number of hydrogen-bond acceptors (Lipinski definition) is 2. The minimum atomic E-state index is -0.640. The molecule has 0 aromatic carbocycles. The van der Waals surface area contributed by atoms with E-state index in [1.165, 1.54) is 25.7 Å². The topological polar surface area (TPSA) is 29.1 Å². The van der Waals surface area contributed by atoms with Crippen LogP contribution in [-0.4, -0.2) is 28.3 Å². The van der Waals surface area contributed by atoms with Gasteiger partial charge >= 0.3 is 0 Å². The Hall–Kier alpha value is 0.110. The van der Waals surface area contributed by atoms with Crippen LogP contribution in [0.5, 0.6) is 0 Å². The monoisotopic (exact) mass is 231 g/mol. The Morgan fingerprint density at radius 2 is 2.07 bits per heavy atom. The van der Waals surface area contributed by atoms with Gasteiger partial charge in [-0.2, -0.15) is 0 Å². The summed E-state index contributed by atoms with van der Waals surface area (Å²) in [6, 6.07) is 1.24. The van der Waals surface area contributed by atoms with Gasteiger partial charge in [-0.05, 0) is 38.5 Å². The summed E-state index contributed by atoms with van der Waals surface area (Å²) in [7, 11) is -0.640. The molecule has 1 N–H and O–H groups in total. The van der Waals surface area contributed by atoms with E-state index in [1.54, 1.807) is 6.26 Å². The molecule has 0 spiro atoms. The standard InChI is InChI=1S/C12H25NOS/c1-4-5-12(11-6-7-11)13-10(2)8-9-15(3)14/h10-13H,4-9H2,1-3H3. The second-order valence-electron chi connectivity index (χ2n) is 4.87. The van der Waals surface area contributed by atoms with Gasteiger partial charge in [0, 0.05) is 34.9 Å². The molecule has 0 aromatic heterocycles. The van der Waals surface area contributed by atoms with E-state index in [2.05, 4.69) is 19.2 Å². The van der Waals surface area contributed by atoms with Crippen LogP contribution in [0.25, 0.3) is 0 Å². The van der Waals surface area contributed by atoms with Crippen molar-refractivity contribution in [2.75, 3.05) is 12.0 Å². The Morgan fingerprint density at radius 1 is 1.40 bits per heavy atom. The van der Waals surface area contributed by atoms with Gasteiger partial charge in [-0.25, -0.2) is 0 Å². The van der Waals surface area contributed by atoms with Crippen molar-refractivity contribution in [3.05, 3.63) is 0 Å². The zero-order valence-corrected chi connectivity index (χ0v) is 11.1. The fraction of sp³-hybridized carbons (Fsp3) is 1.00. The average Bonchev–Trinajstić information content (AvgIpc) is 2.97. The van der Waals surface area contributed by atoms with E-state index in [4.69, 9.17) is 0 Å². The zero-order valence-electron chi connectivity index (χ0n) is 10.3. The third-order valence-corrected chi connectivity index (χ3v) is 3.94. The molecule has 2 nitrogen and oxygen atoms in total. The second-order valence-corrected chi connectivity index (χ2v) is 6.42. The van der Waals surface area contributed by atoms with E-state index in [-0.39, 0.29) is 0 Å². The van der Waals surface area contributed by atoms with E-state index < -0.39 is 10.8 Å². The van der Waals surface area contributed by atoms with Crippen LogP contribution in [0, 0.1) is 5.92 Å². The maximum absolute atomic E-state index is 11.0. The molecule has 3 atom stereocenters. The van der Waals surface area contributed by atoms with Crippen molar-refractivity contribution in [3.8, 4) is 0 Å². The second kappa shape index (κ2) is 6.64. The molecule has 0 bridgehead atoms. The highest BCUT2D eigenvalue weighted by atomic mass is 32.2. The van der Waals surface area contributed by atoms with Crippen molar-refractivity contribution >= 4 is 10.8 Å². The van der Waals surface area contributed by atoms with Crippen molar-refractivity contribution < 1.29 is 4.21 Å². The van der Waals surface area contributed by atoms with E-state index >= 15 is 0 Å². The van der Waals surface area contributed by atoms with Crippen LogP contribution in [-0.2, 0) is 10.8 Å². The molecule has 1 saturated carbocycles. The van der Waals surface area contributed by atoms with Crippen LogP contribution in [0.2, 0.25) is 0 Å². The summed E-state index contributed by atoms with van der Waals surface area (Å²) in [4.78, 5) is 0. The molecule has 1 rings (SSSR count). The first kappa shape index (κ1) is 13.2. The van der Waals surface area contributed by atoms with Gasteiger partial charge in [0.25, 0.3) is 0 Å². The van der Waals surface area contributed by atoms with Crippen molar-refractivity contribution in [2.24, 2.45) is 5.92 Å². The molecule has 0 aliphatic heterocycles. The largest absolute Gasteiger partial charge is 0.311 e. The predicted molar refractivity (Wildman–Crippen MR) is 67.6 cm³/mol. The van der Waals surface area contributed by atoms with Gasteiger partial charge in [-0.1, -0.05) is 13.3 Å². The highest BCUT2D eigenvalue weighted by molar-refractivity contribution is 7.84. The minimum Gasteiger partial charge on any atom is -0.311 e. The quantitative estimate of drug-likeness (QED) is 0.694. The van der Waals surface area contributed by atoms with Crippen LogP contribution in [0.1, 0.15) is 46.0 Å². The summed E-state index contributed by atoms with van der Waals surface area (Å²) in [5, 5.41) is 3.70. The molecule has 15 heavy (non-hydrogen) atoms. The lowest BCUT2D eigenvalue weighted by Crippen LogP contribution is -2.38. The number of nitrogens with one attached hydrogen (secondary N) is 1. The molecular formula is C12H25NOS. The van der Waals surface area contributed by atoms with Crippen LogP contribution in [0.4, 0.5) is 0 Å². The maximum Gasteiger partial charge on any atom is 0.0246 e. The normalized spacial score (nSPS) is 22.3. The average molecular weight is 231 g/mol. The van der Waals surface area contributed by atoms with Crippen LogP contribution in [0.15, 0.2) is 0 Å². The first-order chi connectivity index (χ1) is 7.13. The molecule has 0 aromatic rings. The van der Waals surface area contributed by atoms with Gasteiger partial charge in [-0.3, -0.25) is 4.21 Å². The van der Waals surface area contributed by atoms with Crippen molar-refractivity contribution in [3.63, 3.8) is 0 Å². The first-order valence-electron chi connectivity index (χ1n) is 6.19. The van der Waals surface area contributed by atoms with Gasteiger partial charge in [-0.15, -0.1) is 0 Å². The van der Waals surface area contributed by atoms with Crippen molar-refractivity contribution in [2.45, 2.75) is 58.0 Å². The van der Waals surface area contributed by atoms with Crippen molar-refractivity contribution in [1.82, 2.24) is 5.32 Å². The Morgan fingerprint density at radius 3 is 2.53 bits per heavy atom. The minimum absolute atomic E-state index is 0.519. The summed E-state index contributed by atoms with van der Waals surface area (Å²) < 4.78 is 11.0. The fourth-order valence-electron chi connectivity index (χ4n) is 2.06. The molecule has 0 saturated heterocycles. The van der Waals surface area contributed by atoms with Crippen LogP contribution in [0.3, 0.4) is 0 Å². The summed E-state index contributed by atoms with van der Waals surface area (Å²) in [6.45, 7) is 4.47. The lowest BCUT2D eigenvalue weighted by atomic mass is 10.1. The first-order valence-corrected chi connectivity index (χ1v) is 7.92. The van der Waals surface area contributed by atoms with Gasteiger partial charge in [0.05, 0.1) is 0 Å². The SMILES string of the molecule is CCCC(NC(C)CCS(C)=O)C1CC1. The predicted octanol–water partition coefficient (Wildman–Crippen LogP) is 2.31. The van der Waals surface area contributed by atoms with E-state index in [0.717, 1.165) is 24.1 Å². The smallest absolute Gasteiger partial charge is 0.0246 e. The van der Waals surface area contributed by atoms with E-state index in [9.17, 15) is 4.21 Å². The molecule has 1 aliphatic rings. The highest BCUT2D eigenvalue weighted by Gasteiger charge is 2.30. The number of rotatable bonds is 8. The molecule has 90 valence electrons. The maximum atomic E-state index is 11.0. The van der Waals surface area contributed by atoms with Gasteiger partial charge in [0.15, 0.2) is 0 Å². The summed E-state index contributed by atoms with van der Waals surface area (Å²) in [5.74, 6) is 1.76.